The summed E-state index contributed by atoms with van der Waals surface area (Å²) in [5.74, 6) is -3.10. The summed E-state index contributed by atoms with van der Waals surface area (Å²) in [4.78, 5) is 13.6. The molecule has 1 saturated heterocycles. The predicted molar refractivity (Wildman–Crippen MR) is 75.5 cm³/mol. The molecule has 0 aromatic heterocycles. The lowest BCUT2D eigenvalue weighted by molar-refractivity contribution is -0.0495. The number of hydrogen-bond donors (Lipinski definition) is 2. The van der Waals surface area contributed by atoms with Gasteiger partial charge in [0, 0.05) is 19.1 Å². The number of carbonyl (C=O) groups excluding carboxylic acids is 1. The normalized spacial score (nSPS) is 21.0. The van der Waals surface area contributed by atoms with Crippen LogP contribution in [0.25, 0.3) is 0 Å². The number of amides is 1. The van der Waals surface area contributed by atoms with Gasteiger partial charge < -0.3 is 20.1 Å². The maximum atomic E-state index is 13.0. The van der Waals surface area contributed by atoms with Crippen LogP contribution in [0.15, 0.2) is 0 Å². The molecule has 1 unspecified atom stereocenters. The van der Waals surface area contributed by atoms with Gasteiger partial charge in [0.2, 0.25) is 0 Å². The van der Waals surface area contributed by atoms with E-state index in [1.54, 1.807) is 4.90 Å². The van der Waals surface area contributed by atoms with Crippen LogP contribution in [-0.2, 0) is 4.74 Å². The van der Waals surface area contributed by atoms with Gasteiger partial charge in [-0.2, -0.15) is 0 Å². The number of ether oxygens (including phenoxy) is 1. The van der Waals surface area contributed by atoms with Crippen molar-refractivity contribution in [3.8, 4) is 0 Å². The number of likely N-dealkylation sites (tertiary alicyclic amines) is 1. The lowest BCUT2D eigenvalue weighted by Crippen LogP contribution is -2.42. The third kappa shape index (κ3) is 7.04. The molecule has 0 saturated carbocycles. The number of aliphatic hydroxyl groups is 1. The van der Waals surface area contributed by atoms with Crippen molar-refractivity contribution in [1.29, 1.82) is 0 Å². The zero-order valence-corrected chi connectivity index (χ0v) is 13.0. The molecule has 0 aromatic carbocycles. The summed E-state index contributed by atoms with van der Waals surface area (Å²) >= 11 is 0. The Hall–Kier alpha value is -0.950. The molecule has 0 bridgehead atoms. The third-order valence-electron chi connectivity index (χ3n) is 3.26. The van der Waals surface area contributed by atoms with Crippen LogP contribution in [0.4, 0.5) is 13.6 Å². The number of hydrogen-bond acceptors (Lipinski definition) is 4. The first kappa shape index (κ1) is 18.1. The highest BCUT2D eigenvalue weighted by molar-refractivity contribution is 5.68. The van der Waals surface area contributed by atoms with Gasteiger partial charge in [-0.1, -0.05) is 0 Å². The second-order valence-corrected chi connectivity index (χ2v) is 6.49. The van der Waals surface area contributed by atoms with E-state index in [1.165, 1.54) is 0 Å². The van der Waals surface area contributed by atoms with Crippen molar-refractivity contribution >= 4 is 6.09 Å². The predicted octanol–water partition coefficient (Wildman–Crippen LogP) is 1.99. The first-order valence-electron chi connectivity index (χ1n) is 7.33. The van der Waals surface area contributed by atoms with Crippen LogP contribution < -0.4 is 5.32 Å². The van der Waals surface area contributed by atoms with Crippen molar-refractivity contribution in [2.24, 2.45) is 0 Å². The zero-order valence-electron chi connectivity index (χ0n) is 13.0. The Morgan fingerprint density at radius 3 is 2.57 bits per heavy atom. The molecule has 0 spiro atoms. The van der Waals surface area contributed by atoms with Gasteiger partial charge in [0.15, 0.2) is 0 Å². The maximum absolute atomic E-state index is 13.0. The minimum atomic E-state index is -3.10. The van der Waals surface area contributed by atoms with E-state index in [-0.39, 0.29) is 12.1 Å². The molecule has 0 aliphatic carbocycles. The van der Waals surface area contributed by atoms with Gasteiger partial charge in [-0.3, -0.25) is 0 Å². The molecule has 1 atom stereocenters. The molecule has 0 radical (unpaired) electrons. The zero-order chi connectivity index (χ0) is 16.1. The highest BCUT2D eigenvalue weighted by atomic mass is 19.3. The van der Waals surface area contributed by atoms with E-state index in [4.69, 9.17) is 9.84 Å². The Kier molecular flexibility index (Phi) is 6.34. The summed E-state index contributed by atoms with van der Waals surface area (Å²) in [6.45, 7) is 4.79. The van der Waals surface area contributed by atoms with Gasteiger partial charge in [0.25, 0.3) is 5.92 Å². The fourth-order valence-corrected chi connectivity index (χ4v) is 2.16. The molecule has 124 valence electrons. The second kappa shape index (κ2) is 7.35. The Bertz CT molecular complexity index is 346. The average Bonchev–Trinajstić information content (AvgIpc) is 2.60. The van der Waals surface area contributed by atoms with Crippen molar-refractivity contribution in [1.82, 2.24) is 10.2 Å². The number of rotatable bonds is 4. The number of alkyl halides is 2. The summed E-state index contributed by atoms with van der Waals surface area (Å²) in [6, 6.07) is -0.0742. The van der Waals surface area contributed by atoms with Crippen LogP contribution in [0.2, 0.25) is 0 Å². The van der Waals surface area contributed by atoms with Crippen LogP contribution in [0.5, 0.6) is 0 Å². The minimum Gasteiger partial charge on any atom is -0.444 e. The lowest BCUT2D eigenvalue weighted by atomic mass is 10.1. The van der Waals surface area contributed by atoms with E-state index in [9.17, 15) is 13.6 Å². The van der Waals surface area contributed by atoms with Crippen LogP contribution in [0, 0.1) is 0 Å². The SMILES string of the molecule is CC(C)(C)OC(=O)N1CCCC(NCC(F)(F)CO)CC1. The van der Waals surface area contributed by atoms with E-state index < -0.39 is 24.7 Å². The van der Waals surface area contributed by atoms with E-state index in [0.29, 0.717) is 19.5 Å². The fraction of sp³-hybridized carbons (Fsp3) is 0.929. The minimum absolute atomic E-state index is 0.0742. The number of halogens is 2. The van der Waals surface area contributed by atoms with Gasteiger partial charge in [0.1, 0.15) is 12.2 Å². The first-order chi connectivity index (χ1) is 9.63. The summed E-state index contributed by atoms with van der Waals surface area (Å²) < 4.78 is 31.3. The molecule has 5 nitrogen and oxygen atoms in total. The van der Waals surface area contributed by atoms with Crippen molar-refractivity contribution < 1.29 is 23.4 Å². The van der Waals surface area contributed by atoms with Gasteiger partial charge >= 0.3 is 6.09 Å². The standard InChI is InChI=1S/C14H26F2N2O3/c1-13(2,3)21-12(20)18-7-4-5-11(6-8-18)17-9-14(15,16)10-19/h11,17,19H,4-10H2,1-3H3. The van der Waals surface area contributed by atoms with Gasteiger partial charge in [-0.25, -0.2) is 13.6 Å². The Morgan fingerprint density at radius 2 is 2.00 bits per heavy atom. The molecule has 2 N–H and O–H groups in total. The average molecular weight is 308 g/mol. The number of aliphatic hydroxyl groups excluding tert-OH is 1. The van der Waals surface area contributed by atoms with Gasteiger partial charge in [0.05, 0.1) is 6.54 Å². The van der Waals surface area contributed by atoms with Gasteiger partial charge in [-0.05, 0) is 40.0 Å². The largest absolute Gasteiger partial charge is 0.444 e. The molecule has 1 fully saturated rings. The molecule has 1 rings (SSSR count). The first-order valence-corrected chi connectivity index (χ1v) is 7.33. The van der Waals surface area contributed by atoms with E-state index in [2.05, 4.69) is 5.32 Å². The fourth-order valence-electron chi connectivity index (χ4n) is 2.16. The Balaban J connectivity index is 2.42. The topological polar surface area (TPSA) is 61.8 Å². The van der Waals surface area contributed by atoms with Crippen molar-refractivity contribution in [3.63, 3.8) is 0 Å². The Morgan fingerprint density at radius 1 is 1.33 bits per heavy atom. The van der Waals surface area contributed by atoms with Crippen LogP contribution in [0.3, 0.4) is 0 Å². The molecule has 7 heteroatoms. The van der Waals surface area contributed by atoms with Crippen LogP contribution in [-0.4, -0.2) is 59.9 Å². The number of nitrogens with zero attached hydrogens (tertiary/aromatic N) is 1. The van der Waals surface area contributed by atoms with Crippen molar-refractivity contribution in [3.05, 3.63) is 0 Å². The maximum Gasteiger partial charge on any atom is 0.410 e. The van der Waals surface area contributed by atoms with E-state index in [0.717, 1.165) is 12.8 Å². The third-order valence-corrected chi connectivity index (χ3v) is 3.26. The van der Waals surface area contributed by atoms with Crippen molar-refractivity contribution in [2.45, 2.75) is 57.6 Å². The second-order valence-electron chi connectivity index (χ2n) is 6.49. The highest BCUT2D eigenvalue weighted by Crippen LogP contribution is 2.17. The molecule has 1 heterocycles. The molecule has 1 aliphatic rings. The summed E-state index contributed by atoms with van der Waals surface area (Å²) in [5, 5.41) is 11.3. The summed E-state index contributed by atoms with van der Waals surface area (Å²) in [6.07, 6.45) is 1.70. The summed E-state index contributed by atoms with van der Waals surface area (Å²) in [5.41, 5.74) is -0.537. The monoisotopic (exact) mass is 308 g/mol. The van der Waals surface area contributed by atoms with Crippen LogP contribution in [0.1, 0.15) is 40.0 Å². The highest BCUT2D eigenvalue weighted by Gasteiger charge is 2.30. The lowest BCUT2D eigenvalue weighted by Gasteiger charge is -2.26. The molecular weight excluding hydrogens is 282 g/mol. The molecular formula is C14H26F2N2O3. The smallest absolute Gasteiger partial charge is 0.410 e. The van der Waals surface area contributed by atoms with E-state index >= 15 is 0 Å². The number of nitrogens with one attached hydrogen (secondary N) is 1. The molecule has 21 heavy (non-hydrogen) atoms. The number of carbonyl (C=O) groups is 1. The summed E-state index contributed by atoms with van der Waals surface area (Å²) in [7, 11) is 0. The van der Waals surface area contributed by atoms with E-state index in [1.807, 2.05) is 20.8 Å². The molecule has 1 aliphatic heterocycles. The van der Waals surface area contributed by atoms with Gasteiger partial charge in [-0.15, -0.1) is 0 Å². The quantitative estimate of drug-likeness (QED) is 0.834. The molecule has 1 amide bonds. The van der Waals surface area contributed by atoms with Crippen molar-refractivity contribution in [2.75, 3.05) is 26.2 Å². The molecule has 0 aromatic rings. The van der Waals surface area contributed by atoms with Crippen LogP contribution >= 0.6 is 0 Å². The Labute approximate surface area is 124 Å².